The minimum absolute atomic E-state index is 0.156. The van der Waals surface area contributed by atoms with Crippen LogP contribution in [0, 0.1) is 12.8 Å². The van der Waals surface area contributed by atoms with Crippen LogP contribution in [0.25, 0.3) is 31.6 Å². The van der Waals surface area contributed by atoms with Gasteiger partial charge >= 0.3 is 25.0 Å². The van der Waals surface area contributed by atoms with Crippen molar-refractivity contribution in [3.05, 3.63) is 178 Å². The van der Waals surface area contributed by atoms with Crippen LogP contribution in [-0.2, 0) is 54.2 Å². The van der Waals surface area contributed by atoms with E-state index in [9.17, 15) is 24.0 Å². The molecule has 1 atom stereocenters. The van der Waals surface area contributed by atoms with Crippen LogP contribution in [-0.4, -0.2) is 130 Å². The first-order valence-corrected chi connectivity index (χ1v) is 36.8. The highest BCUT2D eigenvalue weighted by Gasteiger charge is 2.53. The molecule has 4 aliphatic rings. The van der Waals surface area contributed by atoms with Crippen LogP contribution in [0.15, 0.2) is 127 Å². The van der Waals surface area contributed by atoms with E-state index in [0.29, 0.717) is 102 Å². The summed E-state index contributed by atoms with van der Waals surface area (Å²) in [6.45, 7) is 28.1. The molecule has 0 bridgehead atoms. The van der Waals surface area contributed by atoms with E-state index in [-0.39, 0.29) is 29.2 Å². The van der Waals surface area contributed by atoms with E-state index in [0.717, 1.165) is 105 Å². The lowest BCUT2D eigenvalue weighted by Crippen LogP contribution is -2.41. The number of esters is 3. The molecule has 532 valence electrons. The van der Waals surface area contributed by atoms with Crippen molar-refractivity contribution in [1.82, 2.24) is 24.8 Å². The number of carbonyl (C=O) groups is 5. The summed E-state index contributed by atoms with van der Waals surface area (Å²) in [6.07, 6.45) is 5.57. The highest BCUT2D eigenvalue weighted by Crippen LogP contribution is 2.39. The second kappa shape index (κ2) is 30.4. The van der Waals surface area contributed by atoms with Gasteiger partial charge in [-0.05, 0) is 228 Å². The fourth-order valence-electron chi connectivity index (χ4n) is 13.3. The van der Waals surface area contributed by atoms with E-state index >= 15 is 0 Å². The van der Waals surface area contributed by atoms with Gasteiger partial charge in [-0.3, -0.25) is 29.9 Å². The molecular formula is C79H90BN9O11S2. The summed E-state index contributed by atoms with van der Waals surface area (Å²) in [5.74, 6) is 0.890. The van der Waals surface area contributed by atoms with Gasteiger partial charge in [-0.25, -0.2) is 29.5 Å². The number of thiazole rings is 2. The van der Waals surface area contributed by atoms with Gasteiger partial charge in [0.2, 0.25) is 0 Å². The van der Waals surface area contributed by atoms with Crippen LogP contribution >= 0.6 is 22.7 Å². The van der Waals surface area contributed by atoms with Crippen LogP contribution in [0.2, 0.25) is 0 Å². The molecule has 20 nitrogen and oxygen atoms in total. The molecule has 2 N–H and O–H groups in total. The van der Waals surface area contributed by atoms with Gasteiger partial charge in [0.05, 0.1) is 51.4 Å². The Bertz CT molecular complexity index is 4540. The molecule has 4 aliphatic heterocycles. The molecule has 8 heterocycles. The fourth-order valence-corrected chi connectivity index (χ4v) is 15.0. The molecule has 2 fully saturated rings. The number of nitrogens with zero attached hydrogens (tertiary/aromatic N) is 7. The van der Waals surface area contributed by atoms with E-state index < -0.39 is 41.5 Å². The summed E-state index contributed by atoms with van der Waals surface area (Å²) < 4.78 is 37.8. The molecular weight excluding hydrogens is 1330 g/mol. The number of carbonyl (C=O) groups excluding carboxylic acids is 5. The number of nitrogens with one attached hydrogen (secondary N) is 2. The van der Waals surface area contributed by atoms with Crippen molar-refractivity contribution in [1.29, 1.82) is 0 Å². The lowest BCUT2D eigenvalue weighted by atomic mass is 9.77. The maximum atomic E-state index is 13.9. The average molecular weight is 1420 g/mol. The first-order chi connectivity index (χ1) is 48.7. The van der Waals surface area contributed by atoms with Crippen molar-refractivity contribution in [2.45, 2.75) is 157 Å². The SMILES string of the molecule is CC(C)(C)OC(=O)c1nc(N2CCc3cccc(C(=O)Nc4nc5ccccc5s4)c3C2)ccc1B1OC(C)(C)C(C)(C)O1.CCOC(=O)CN1CCC[C@@H](CCCOc2cccc(-c3ccc(N4CCc5cccc(C(=O)Nc6nc7ccccc7s6)c5C4)nc3C(=O)OC(C)(C)C)c2C)C1. The molecule has 2 amide bonds. The highest BCUT2D eigenvalue weighted by atomic mass is 32.1. The van der Waals surface area contributed by atoms with Gasteiger partial charge in [0, 0.05) is 54.9 Å². The normalized spacial score (nSPS) is 16.5. The van der Waals surface area contributed by atoms with E-state index in [2.05, 4.69) is 47.4 Å². The molecule has 2 saturated heterocycles. The minimum Gasteiger partial charge on any atom is -0.493 e. The minimum atomic E-state index is -0.774. The molecule has 4 aromatic heterocycles. The van der Waals surface area contributed by atoms with Crippen molar-refractivity contribution < 1.29 is 52.2 Å². The topological polar surface area (TPSA) is 226 Å². The second-order valence-corrected chi connectivity index (χ2v) is 31.4. The van der Waals surface area contributed by atoms with Gasteiger partial charge in [-0.1, -0.05) is 89.4 Å². The first kappa shape index (κ1) is 72.7. The molecule has 102 heavy (non-hydrogen) atoms. The van der Waals surface area contributed by atoms with Crippen molar-refractivity contribution in [3.8, 4) is 16.9 Å². The summed E-state index contributed by atoms with van der Waals surface area (Å²) in [5.41, 5.74) is 7.68. The lowest BCUT2D eigenvalue weighted by Gasteiger charge is -2.32. The third kappa shape index (κ3) is 17.0. The number of para-hydroxylation sites is 2. The third-order valence-electron chi connectivity index (χ3n) is 19.0. The summed E-state index contributed by atoms with van der Waals surface area (Å²) >= 11 is 2.90. The summed E-state index contributed by atoms with van der Waals surface area (Å²) in [5, 5.41) is 7.13. The van der Waals surface area contributed by atoms with Gasteiger partial charge in [-0.2, -0.15) is 0 Å². The van der Waals surface area contributed by atoms with Crippen molar-refractivity contribution in [2.24, 2.45) is 5.92 Å². The Morgan fingerprint density at radius 1 is 0.618 bits per heavy atom. The number of anilines is 4. The Kier molecular flexibility index (Phi) is 21.7. The molecule has 0 unspecified atom stereocenters. The number of amides is 2. The summed E-state index contributed by atoms with van der Waals surface area (Å²) in [4.78, 5) is 92.1. The Hall–Kier alpha value is -9.13. The van der Waals surface area contributed by atoms with Gasteiger partial charge in [-0.15, -0.1) is 0 Å². The van der Waals surface area contributed by atoms with Crippen LogP contribution in [0.4, 0.5) is 21.9 Å². The molecule has 0 aliphatic carbocycles. The Morgan fingerprint density at radius 2 is 1.15 bits per heavy atom. The smallest absolute Gasteiger partial charge is 0.493 e. The molecule has 5 aromatic carbocycles. The Balaban J connectivity index is 0.000000200. The maximum Gasteiger partial charge on any atom is 0.497 e. The van der Waals surface area contributed by atoms with E-state index in [1.165, 1.54) is 22.7 Å². The number of piperidine rings is 1. The second-order valence-electron chi connectivity index (χ2n) is 29.3. The van der Waals surface area contributed by atoms with Crippen LogP contribution in [0.5, 0.6) is 5.75 Å². The maximum absolute atomic E-state index is 13.9. The van der Waals surface area contributed by atoms with Crippen LogP contribution in [0.3, 0.4) is 0 Å². The van der Waals surface area contributed by atoms with E-state index in [1.807, 2.05) is 198 Å². The van der Waals surface area contributed by atoms with Crippen LogP contribution in [0.1, 0.15) is 171 Å². The zero-order chi connectivity index (χ0) is 72.3. The zero-order valence-electron chi connectivity index (χ0n) is 60.3. The highest BCUT2D eigenvalue weighted by molar-refractivity contribution is 7.22. The molecule has 13 rings (SSSR count). The third-order valence-corrected chi connectivity index (χ3v) is 20.9. The molecule has 0 radical (unpaired) electrons. The number of rotatable bonds is 18. The lowest BCUT2D eigenvalue weighted by molar-refractivity contribution is -0.144. The monoisotopic (exact) mass is 1420 g/mol. The van der Waals surface area contributed by atoms with E-state index in [1.54, 1.807) is 0 Å². The number of pyridine rings is 2. The van der Waals surface area contributed by atoms with Crippen molar-refractivity contribution in [2.75, 3.05) is 66.4 Å². The predicted octanol–water partition coefficient (Wildman–Crippen LogP) is 14.6. The van der Waals surface area contributed by atoms with Crippen molar-refractivity contribution >= 4 is 107 Å². The fraction of sp³-hybridized carbons (Fsp3) is 0.405. The van der Waals surface area contributed by atoms with Gasteiger partial charge in [0.15, 0.2) is 21.7 Å². The molecule has 9 aromatic rings. The number of likely N-dealkylation sites (tertiary alicyclic amines) is 1. The number of aromatic nitrogens is 4. The number of benzene rings is 5. The van der Waals surface area contributed by atoms with Gasteiger partial charge < -0.3 is 38.1 Å². The number of hydrogen-bond donors (Lipinski definition) is 2. The quantitative estimate of drug-likeness (QED) is 0.0352. The summed E-state index contributed by atoms with van der Waals surface area (Å²) in [6, 6.07) is 40.8. The van der Waals surface area contributed by atoms with Gasteiger partial charge in [0.1, 0.15) is 28.6 Å². The van der Waals surface area contributed by atoms with Crippen molar-refractivity contribution in [3.63, 3.8) is 0 Å². The zero-order valence-corrected chi connectivity index (χ0v) is 62.0. The van der Waals surface area contributed by atoms with Gasteiger partial charge in [0.25, 0.3) is 11.8 Å². The average Bonchev–Trinajstić information content (AvgIpc) is 1.24. The standard InChI is InChI=1S/C46H53N5O6S.C33H37BN4O5S/c1-6-55-41(52)29-50-24-11-13-31(27-50)14-12-26-56-38-19-10-16-33(30(38)2)34-21-22-40(48-42(34)44(54)57-46(3,4)5)51-25-23-32-15-9-17-35(36(32)28-51)43(53)49-45-47-37-18-7-8-20-39(37)58-45;1-31(2,3)41-29(40)27-23(34-42-32(4,5)33(6,7)43-34)15-16-26(36-27)38-18-17-20-11-10-12-21(22(20)19-38)28(39)37-30-35-24-13-8-9-14-25(24)44-30/h7-10,15-22,31H,6,11-14,23-29H2,1-5H3,(H,47,49,53);8-16H,17-19H2,1-7H3,(H,35,37,39)/t31-;/m0./s1. The Morgan fingerprint density at radius 3 is 1.70 bits per heavy atom. The first-order valence-electron chi connectivity index (χ1n) is 35.2. The molecule has 0 spiro atoms. The Labute approximate surface area is 605 Å². The van der Waals surface area contributed by atoms with Crippen LogP contribution < -0.4 is 30.6 Å². The molecule has 0 saturated carbocycles. The number of hydrogen-bond acceptors (Lipinski definition) is 20. The largest absolute Gasteiger partial charge is 0.497 e. The number of fused-ring (bicyclic) bond motifs is 4. The van der Waals surface area contributed by atoms with E-state index in [4.69, 9.17) is 38.2 Å². The predicted molar refractivity (Wildman–Crippen MR) is 403 cm³/mol. The number of ether oxygens (including phenoxy) is 4. The molecule has 23 heteroatoms. The summed E-state index contributed by atoms with van der Waals surface area (Å²) in [7, 11) is -0.774.